The summed E-state index contributed by atoms with van der Waals surface area (Å²) >= 11 is 0. The van der Waals surface area contributed by atoms with Gasteiger partial charge in [0.2, 0.25) is 5.78 Å². The molecule has 0 radical (unpaired) electrons. The summed E-state index contributed by atoms with van der Waals surface area (Å²) in [5, 5.41) is 7.02. The normalized spacial score (nSPS) is 16.5. The van der Waals surface area contributed by atoms with Crippen LogP contribution >= 0.6 is 0 Å². The summed E-state index contributed by atoms with van der Waals surface area (Å²) in [4.78, 5) is 13.3. The molecule has 0 amide bonds. The minimum absolute atomic E-state index is 0.176. The first-order chi connectivity index (χ1) is 17.1. The number of hydrogen-bond acceptors (Lipinski definition) is 3. The van der Waals surface area contributed by atoms with E-state index in [0.29, 0.717) is 13.1 Å². The van der Waals surface area contributed by atoms with Gasteiger partial charge in [-0.15, -0.1) is 0 Å². The molecule has 0 saturated heterocycles. The molecule has 4 heterocycles. The molecule has 2 N–H and O–H groups in total. The van der Waals surface area contributed by atoms with Crippen molar-refractivity contribution in [1.82, 2.24) is 9.13 Å². The van der Waals surface area contributed by atoms with Crippen molar-refractivity contribution in [3.8, 4) is 0 Å². The Morgan fingerprint density at radius 1 is 0.657 bits per heavy atom. The Balaban J connectivity index is 1.19. The molecule has 35 heavy (non-hydrogen) atoms. The Bertz CT molecular complexity index is 1430. The summed E-state index contributed by atoms with van der Waals surface area (Å²) in [5.41, 5.74) is 11.3. The van der Waals surface area contributed by atoms with E-state index < -0.39 is 0 Å². The number of nitrogens with one attached hydrogen (secondary N) is 2. The van der Waals surface area contributed by atoms with Gasteiger partial charge in [-0.1, -0.05) is 35.4 Å². The molecule has 0 bridgehead atoms. The molecule has 2 aromatic carbocycles. The standard InChI is InChI=1S/C30H30N4O/c1-20-3-7-22(8-4-20)31-17-24-11-13-28-26(15-16-33(24)28)27-19-34-25(12-14-29(34)30(27)35)18-32-23-9-5-21(2)6-10-23/h3-14,31-32H,15-19H2,1-2H3. The smallest absolute Gasteiger partial charge is 0.207 e. The topological polar surface area (TPSA) is 51.0 Å². The van der Waals surface area contributed by atoms with E-state index in [-0.39, 0.29) is 5.78 Å². The number of carbonyl (C=O) groups is 1. The Morgan fingerprint density at radius 2 is 1.20 bits per heavy atom. The van der Waals surface area contributed by atoms with Crippen LogP contribution in [0.5, 0.6) is 0 Å². The number of hydrogen-bond donors (Lipinski definition) is 2. The van der Waals surface area contributed by atoms with Gasteiger partial charge in [-0.2, -0.15) is 0 Å². The van der Waals surface area contributed by atoms with Gasteiger partial charge in [-0.3, -0.25) is 4.79 Å². The monoisotopic (exact) mass is 462 g/mol. The lowest BCUT2D eigenvalue weighted by Gasteiger charge is -2.10. The van der Waals surface area contributed by atoms with Gasteiger partial charge in [-0.05, 0) is 74.4 Å². The predicted octanol–water partition coefficient (Wildman–Crippen LogP) is 6.18. The third-order valence-electron chi connectivity index (χ3n) is 7.27. The fourth-order valence-electron chi connectivity index (χ4n) is 5.24. The van der Waals surface area contributed by atoms with Crippen LogP contribution in [0.2, 0.25) is 0 Å². The number of benzene rings is 2. The van der Waals surface area contributed by atoms with Crippen LogP contribution in [0.4, 0.5) is 11.4 Å². The minimum Gasteiger partial charge on any atom is -0.379 e. The molecule has 2 aromatic heterocycles. The number of anilines is 2. The van der Waals surface area contributed by atoms with E-state index >= 15 is 0 Å². The summed E-state index contributed by atoms with van der Waals surface area (Å²) in [6.07, 6.45) is 0.913. The van der Waals surface area contributed by atoms with E-state index in [1.165, 1.54) is 28.1 Å². The maximum Gasteiger partial charge on any atom is 0.207 e. The fraction of sp³-hybridized carbons (Fsp3) is 0.233. The van der Waals surface area contributed by atoms with Gasteiger partial charge in [0.05, 0.1) is 25.3 Å². The molecular formula is C30H30N4O. The van der Waals surface area contributed by atoms with E-state index in [1.807, 2.05) is 6.07 Å². The molecule has 5 heteroatoms. The number of carbonyl (C=O) groups excluding carboxylic acids is 1. The molecule has 0 saturated carbocycles. The first-order valence-corrected chi connectivity index (χ1v) is 12.3. The third kappa shape index (κ3) is 3.97. The van der Waals surface area contributed by atoms with E-state index in [4.69, 9.17) is 0 Å². The van der Waals surface area contributed by atoms with Crippen LogP contribution in [0.15, 0.2) is 78.4 Å². The van der Waals surface area contributed by atoms with Gasteiger partial charge in [0.1, 0.15) is 0 Å². The van der Waals surface area contributed by atoms with Crippen LogP contribution < -0.4 is 10.6 Å². The zero-order valence-corrected chi connectivity index (χ0v) is 20.3. The lowest BCUT2D eigenvalue weighted by Crippen LogP contribution is -2.06. The molecule has 0 spiro atoms. The molecule has 0 unspecified atom stereocenters. The van der Waals surface area contributed by atoms with Crippen LogP contribution in [0.3, 0.4) is 0 Å². The highest BCUT2D eigenvalue weighted by atomic mass is 16.1. The highest BCUT2D eigenvalue weighted by Gasteiger charge is 2.32. The molecular weight excluding hydrogens is 432 g/mol. The van der Waals surface area contributed by atoms with Crippen LogP contribution in [0.1, 0.15) is 45.1 Å². The van der Waals surface area contributed by atoms with Gasteiger partial charge in [-0.25, -0.2) is 0 Å². The first-order valence-electron chi connectivity index (χ1n) is 12.3. The van der Waals surface area contributed by atoms with Crippen molar-refractivity contribution in [3.63, 3.8) is 0 Å². The molecule has 176 valence electrons. The zero-order chi connectivity index (χ0) is 23.9. The third-order valence-corrected chi connectivity index (χ3v) is 7.27. The maximum absolute atomic E-state index is 13.3. The van der Waals surface area contributed by atoms with Crippen LogP contribution in [-0.2, 0) is 26.2 Å². The van der Waals surface area contributed by atoms with E-state index in [1.54, 1.807) is 0 Å². The summed E-state index contributed by atoms with van der Waals surface area (Å²) in [7, 11) is 0. The van der Waals surface area contributed by atoms with Gasteiger partial charge in [0.15, 0.2) is 0 Å². The summed E-state index contributed by atoms with van der Waals surface area (Å²) in [5.74, 6) is 0.176. The number of allylic oxidation sites excluding steroid dienone is 2. The number of Topliss-reactive ketones (excluding diaryl/α,β-unsaturated/α-hetero) is 1. The van der Waals surface area contributed by atoms with Crippen molar-refractivity contribution in [2.45, 2.75) is 46.4 Å². The quantitative estimate of drug-likeness (QED) is 0.336. The first kappa shape index (κ1) is 21.5. The van der Waals surface area contributed by atoms with Gasteiger partial charge < -0.3 is 19.8 Å². The van der Waals surface area contributed by atoms with E-state index in [2.05, 4.69) is 100 Å². The number of rotatable bonds is 6. The van der Waals surface area contributed by atoms with Crippen molar-refractivity contribution in [2.24, 2.45) is 0 Å². The second-order valence-corrected chi connectivity index (χ2v) is 9.63. The van der Waals surface area contributed by atoms with Crippen molar-refractivity contribution in [1.29, 1.82) is 0 Å². The lowest BCUT2D eigenvalue weighted by molar-refractivity contribution is 0.103. The molecule has 2 aliphatic rings. The minimum atomic E-state index is 0.176. The van der Waals surface area contributed by atoms with Crippen molar-refractivity contribution < 1.29 is 4.79 Å². The number of fused-ring (bicyclic) bond motifs is 2. The molecule has 6 rings (SSSR count). The number of nitrogens with zero attached hydrogens (tertiary/aromatic N) is 2. The SMILES string of the molecule is Cc1ccc(NCc2ccc3n2CC(=C2CCn4c(CNc5ccc(C)cc5)ccc42)C3=O)cc1. The maximum atomic E-state index is 13.3. The van der Waals surface area contributed by atoms with E-state index in [9.17, 15) is 4.79 Å². The average molecular weight is 463 g/mol. The van der Waals surface area contributed by atoms with Crippen LogP contribution in [0, 0.1) is 13.8 Å². The summed E-state index contributed by atoms with van der Waals surface area (Å²) in [6.45, 7) is 7.24. The summed E-state index contributed by atoms with van der Waals surface area (Å²) < 4.78 is 4.54. The molecule has 4 aromatic rings. The Hall–Kier alpha value is -3.99. The Labute approximate surface area is 206 Å². The van der Waals surface area contributed by atoms with Crippen molar-refractivity contribution >= 4 is 22.7 Å². The number of aromatic nitrogens is 2. The van der Waals surface area contributed by atoms with Gasteiger partial charge in [0, 0.05) is 40.6 Å². The van der Waals surface area contributed by atoms with E-state index in [0.717, 1.165) is 47.8 Å². The predicted molar refractivity (Wildman–Crippen MR) is 142 cm³/mol. The fourth-order valence-corrected chi connectivity index (χ4v) is 5.24. The number of aryl methyl sites for hydroxylation is 2. The highest BCUT2D eigenvalue weighted by molar-refractivity contribution is 6.14. The average Bonchev–Trinajstić information content (AvgIpc) is 3.62. The second-order valence-electron chi connectivity index (χ2n) is 9.63. The lowest BCUT2D eigenvalue weighted by atomic mass is 10.0. The molecule has 0 fully saturated rings. The largest absolute Gasteiger partial charge is 0.379 e. The van der Waals surface area contributed by atoms with Crippen LogP contribution in [0.25, 0.3) is 5.57 Å². The van der Waals surface area contributed by atoms with Gasteiger partial charge >= 0.3 is 0 Å². The molecule has 0 aliphatic carbocycles. The Kier molecular flexibility index (Phi) is 5.33. The molecule has 0 atom stereocenters. The van der Waals surface area contributed by atoms with Gasteiger partial charge in [0.25, 0.3) is 0 Å². The summed E-state index contributed by atoms with van der Waals surface area (Å²) in [6, 6.07) is 25.3. The van der Waals surface area contributed by atoms with Crippen LogP contribution in [-0.4, -0.2) is 14.9 Å². The Morgan fingerprint density at radius 3 is 1.80 bits per heavy atom. The second kappa shape index (κ2) is 8.66. The highest BCUT2D eigenvalue weighted by Crippen LogP contribution is 2.37. The molecule has 5 nitrogen and oxygen atoms in total. The van der Waals surface area contributed by atoms with Crippen molar-refractivity contribution in [2.75, 3.05) is 10.6 Å². The zero-order valence-electron chi connectivity index (χ0n) is 20.3. The van der Waals surface area contributed by atoms with Crippen molar-refractivity contribution in [3.05, 3.63) is 112 Å². The number of ketones is 1. The molecule has 2 aliphatic heterocycles.